The van der Waals surface area contributed by atoms with Gasteiger partial charge in [-0.25, -0.2) is 14.6 Å². The molecule has 0 fully saturated rings. The van der Waals surface area contributed by atoms with E-state index < -0.39 is 17.7 Å². The van der Waals surface area contributed by atoms with Crippen LogP contribution in [0.2, 0.25) is 0 Å². The quantitative estimate of drug-likeness (QED) is 0.231. The molecule has 1 aromatic heterocycles. The van der Waals surface area contributed by atoms with Crippen molar-refractivity contribution in [1.29, 1.82) is 0 Å². The highest BCUT2D eigenvalue weighted by atomic mass is 127. The summed E-state index contributed by atoms with van der Waals surface area (Å²) in [7, 11) is 1.32. The third kappa shape index (κ3) is 10.5. The second kappa shape index (κ2) is 12.1. The van der Waals surface area contributed by atoms with Crippen LogP contribution < -0.4 is 5.32 Å². The molecular formula is C18H27IN2O6. The Morgan fingerprint density at radius 2 is 1.89 bits per heavy atom. The Hall–Kier alpha value is -1.46. The first-order chi connectivity index (χ1) is 12.7. The number of carbonyl (C=O) groups is 2. The summed E-state index contributed by atoms with van der Waals surface area (Å²) in [4.78, 5) is 27.2. The number of alkyl carbamates (subject to hydrolysis) is 1. The zero-order valence-electron chi connectivity index (χ0n) is 16.1. The predicted molar refractivity (Wildman–Crippen MR) is 108 cm³/mol. The van der Waals surface area contributed by atoms with E-state index in [4.69, 9.17) is 14.2 Å². The maximum Gasteiger partial charge on any atom is 0.407 e. The summed E-state index contributed by atoms with van der Waals surface area (Å²) < 4.78 is 20.7. The lowest BCUT2D eigenvalue weighted by Gasteiger charge is -2.19. The Bertz CT molecular complexity index is 606. The minimum absolute atomic E-state index is 0.000964. The zero-order valence-corrected chi connectivity index (χ0v) is 18.3. The third-order valence-corrected chi connectivity index (χ3v) is 4.03. The molecule has 1 heterocycles. The van der Waals surface area contributed by atoms with Crippen molar-refractivity contribution in [2.45, 2.75) is 30.3 Å². The molecule has 0 aliphatic rings. The summed E-state index contributed by atoms with van der Waals surface area (Å²) in [5.74, 6) is -0.463. The van der Waals surface area contributed by atoms with Crippen molar-refractivity contribution in [2.75, 3.05) is 40.1 Å². The first-order valence-electron chi connectivity index (χ1n) is 8.54. The summed E-state index contributed by atoms with van der Waals surface area (Å²) in [5.41, 5.74) is 0.512. The van der Waals surface area contributed by atoms with Gasteiger partial charge in [-0.15, -0.1) is 0 Å². The number of nitrogens with zero attached hydrogens (tertiary/aromatic N) is 1. The van der Waals surface area contributed by atoms with Crippen molar-refractivity contribution in [3.05, 3.63) is 29.6 Å². The minimum Gasteiger partial charge on any atom is -0.464 e. The van der Waals surface area contributed by atoms with E-state index in [2.05, 4.69) is 37.6 Å². The van der Waals surface area contributed by atoms with Crippen LogP contribution in [0.3, 0.4) is 0 Å². The second-order valence-corrected chi connectivity index (χ2v) is 8.03. The van der Waals surface area contributed by atoms with Gasteiger partial charge in [-0.3, -0.25) is 0 Å². The summed E-state index contributed by atoms with van der Waals surface area (Å²) in [6.45, 7) is 7.44. The van der Waals surface area contributed by atoms with E-state index >= 15 is 0 Å². The van der Waals surface area contributed by atoms with Crippen molar-refractivity contribution >= 4 is 34.7 Å². The molecule has 152 valence electrons. The number of amides is 1. The molecular weight excluding hydrogens is 467 g/mol. The van der Waals surface area contributed by atoms with Gasteiger partial charge in [-0.05, 0) is 32.9 Å². The number of hydrogen-bond acceptors (Lipinski definition) is 7. The molecule has 1 amide bonds. The number of esters is 1. The molecule has 0 spiro atoms. The molecule has 9 heteroatoms. The highest BCUT2D eigenvalue weighted by Crippen LogP contribution is 2.22. The molecule has 0 aromatic carbocycles. The average molecular weight is 494 g/mol. The van der Waals surface area contributed by atoms with Gasteiger partial charge in [0.2, 0.25) is 0 Å². The minimum atomic E-state index is -0.514. The van der Waals surface area contributed by atoms with Crippen LogP contribution in [0.5, 0.6) is 0 Å². The predicted octanol–water partition coefficient (Wildman–Crippen LogP) is 2.90. The number of hydrogen-bond donors (Lipinski definition) is 1. The molecule has 0 aliphatic heterocycles. The van der Waals surface area contributed by atoms with Gasteiger partial charge in [0.05, 0.1) is 43.2 Å². The van der Waals surface area contributed by atoms with Crippen LogP contribution in [-0.4, -0.2) is 62.7 Å². The molecule has 1 N–H and O–H groups in total. The van der Waals surface area contributed by atoms with E-state index in [9.17, 15) is 9.59 Å². The summed E-state index contributed by atoms with van der Waals surface area (Å²) >= 11 is 2.21. The highest BCUT2D eigenvalue weighted by molar-refractivity contribution is 14.1. The number of alkyl halides is 1. The fourth-order valence-corrected chi connectivity index (χ4v) is 2.48. The van der Waals surface area contributed by atoms with Crippen LogP contribution in [0.15, 0.2) is 18.2 Å². The Labute approximate surface area is 173 Å². The summed E-state index contributed by atoms with van der Waals surface area (Å²) in [6.07, 6.45) is -0.461. The number of methoxy groups -OCH3 is 1. The second-order valence-electron chi connectivity index (χ2n) is 6.52. The van der Waals surface area contributed by atoms with Crippen molar-refractivity contribution in [2.24, 2.45) is 0 Å². The van der Waals surface area contributed by atoms with Crippen LogP contribution in [0.4, 0.5) is 4.79 Å². The van der Waals surface area contributed by atoms with Crippen LogP contribution in [0, 0.1) is 0 Å². The fourth-order valence-electron chi connectivity index (χ4n) is 1.88. The van der Waals surface area contributed by atoms with E-state index in [1.807, 2.05) is 26.8 Å². The van der Waals surface area contributed by atoms with Crippen molar-refractivity contribution in [3.63, 3.8) is 0 Å². The van der Waals surface area contributed by atoms with Gasteiger partial charge in [0.1, 0.15) is 11.3 Å². The number of nitrogens with one attached hydrogen (secondary N) is 1. The number of pyridine rings is 1. The Balaban J connectivity index is 2.14. The smallest absolute Gasteiger partial charge is 0.407 e. The molecule has 1 aromatic rings. The van der Waals surface area contributed by atoms with E-state index in [0.717, 1.165) is 5.69 Å². The maximum atomic E-state index is 11.5. The van der Waals surface area contributed by atoms with Crippen LogP contribution in [-0.2, 0) is 18.9 Å². The molecule has 1 rings (SSSR count). The molecule has 8 nitrogen and oxygen atoms in total. The number of rotatable bonds is 10. The van der Waals surface area contributed by atoms with Crippen molar-refractivity contribution < 1.29 is 28.5 Å². The van der Waals surface area contributed by atoms with Gasteiger partial charge >= 0.3 is 12.1 Å². The molecule has 1 atom stereocenters. The lowest BCUT2D eigenvalue weighted by Crippen LogP contribution is -2.34. The first kappa shape index (κ1) is 23.6. The highest BCUT2D eigenvalue weighted by Gasteiger charge is 2.15. The fraction of sp³-hybridized carbons (Fsp3) is 0.611. The Kier molecular flexibility index (Phi) is 10.6. The average Bonchev–Trinajstić information content (AvgIpc) is 2.61. The standard InChI is InChI=1S/C18H27IN2O6/c1-18(2,3)27-17(23)20-8-9-25-10-11-26-12-13(19)14-6-5-7-15(21-14)16(22)24-4/h5-7,13H,8-12H2,1-4H3,(H,20,23). The normalized spacial score (nSPS) is 12.3. The van der Waals surface area contributed by atoms with E-state index in [0.29, 0.717) is 33.0 Å². The lowest BCUT2D eigenvalue weighted by atomic mass is 10.2. The van der Waals surface area contributed by atoms with Gasteiger partial charge in [0.25, 0.3) is 0 Å². The van der Waals surface area contributed by atoms with E-state index in [-0.39, 0.29) is 9.62 Å². The molecule has 1 unspecified atom stereocenters. The lowest BCUT2D eigenvalue weighted by molar-refractivity contribution is 0.0403. The Morgan fingerprint density at radius 1 is 1.19 bits per heavy atom. The summed E-state index contributed by atoms with van der Waals surface area (Å²) in [5, 5.41) is 2.61. The SMILES string of the molecule is COC(=O)c1cccc(C(I)COCCOCCNC(=O)OC(C)(C)C)n1. The molecule has 27 heavy (non-hydrogen) atoms. The van der Waals surface area contributed by atoms with E-state index in [1.165, 1.54) is 7.11 Å². The van der Waals surface area contributed by atoms with Gasteiger partial charge in [0.15, 0.2) is 0 Å². The molecule has 0 saturated heterocycles. The number of halogens is 1. The van der Waals surface area contributed by atoms with Crippen LogP contribution in [0.1, 0.15) is 40.9 Å². The van der Waals surface area contributed by atoms with Gasteiger partial charge < -0.3 is 24.3 Å². The van der Waals surface area contributed by atoms with Crippen molar-refractivity contribution in [1.82, 2.24) is 10.3 Å². The number of carbonyl (C=O) groups excluding carboxylic acids is 2. The topological polar surface area (TPSA) is 96.0 Å². The molecule has 0 saturated carbocycles. The van der Waals surface area contributed by atoms with Crippen LogP contribution >= 0.6 is 22.6 Å². The zero-order chi connectivity index (χ0) is 20.3. The van der Waals surface area contributed by atoms with E-state index in [1.54, 1.807) is 12.1 Å². The first-order valence-corrected chi connectivity index (χ1v) is 9.79. The Morgan fingerprint density at radius 3 is 2.56 bits per heavy atom. The largest absolute Gasteiger partial charge is 0.464 e. The maximum absolute atomic E-state index is 11.5. The summed E-state index contributed by atoms with van der Waals surface area (Å²) in [6, 6.07) is 5.21. The van der Waals surface area contributed by atoms with Gasteiger partial charge in [-0.2, -0.15) is 0 Å². The van der Waals surface area contributed by atoms with Gasteiger partial charge in [-0.1, -0.05) is 28.7 Å². The number of ether oxygens (including phenoxy) is 4. The van der Waals surface area contributed by atoms with Crippen LogP contribution in [0.25, 0.3) is 0 Å². The molecule has 0 aliphatic carbocycles. The molecule has 0 radical (unpaired) electrons. The third-order valence-electron chi connectivity index (χ3n) is 3.04. The van der Waals surface area contributed by atoms with Crippen molar-refractivity contribution in [3.8, 4) is 0 Å². The van der Waals surface area contributed by atoms with Gasteiger partial charge in [0, 0.05) is 6.54 Å². The monoisotopic (exact) mass is 494 g/mol. The molecule has 0 bridgehead atoms. The number of aromatic nitrogens is 1.